The Kier molecular flexibility index (Phi) is 7.25. The Bertz CT molecular complexity index is 130. The quantitative estimate of drug-likeness (QED) is 0.294. The van der Waals surface area contributed by atoms with E-state index in [4.69, 9.17) is 18.6 Å². The Labute approximate surface area is 87.8 Å². The highest BCUT2D eigenvalue weighted by molar-refractivity contribution is 6.26. The van der Waals surface area contributed by atoms with Crippen molar-refractivity contribution in [3.63, 3.8) is 0 Å². The van der Waals surface area contributed by atoms with Crippen molar-refractivity contribution in [2.75, 3.05) is 40.1 Å². The van der Waals surface area contributed by atoms with E-state index in [2.05, 4.69) is 0 Å². The van der Waals surface area contributed by atoms with E-state index in [1.54, 1.807) is 7.11 Å². The predicted molar refractivity (Wildman–Crippen MR) is 56.4 cm³/mol. The summed E-state index contributed by atoms with van der Waals surface area (Å²) >= 11 is 0. The van der Waals surface area contributed by atoms with E-state index >= 15 is 0 Å². The highest BCUT2D eigenvalue weighted by atomic mass is 28.2. The fraction of sp³-hybridized carbons (Fsp3) is 1.00. The van der Waals surface area contributed by atoms with Gasteiger partial charge in [-0.05, 0) is 12.5 Å². The molecule has 84 valence electrons. The van der Waals surface area contributed by atoms with E-state index in [0.29, 0.717) is 19.3 Å². The van der Waals surface area contributed by atoms with Crippen molar-refractivity contribution in [3.05, 3.63) is 0 Å². The molecular weight excluding hydrogens is 200 g/mol. The predicted octanol–water partition coefficient (Wildman–Crippen LogP) is -0.0430. The zero-order valence-corrected chi connectivity index (χ0v) is 10.3. The molecular formula is C9H20O4Si. The molecule has 14 heavy (non-hydrogen) atoms. The maximum Gasteiger partial charge on any atom is 0.161 e. The Morgan fingerprint density at radius 1 is 1.29 bits per heavy atom. The van der Waals surface area contributed by atoms with Crippen LogP contribution in [0.2, 0.25) is 6.04 Å². The lowest BCUT2D eigenvalue weighted by molar-refractivity contribution is 0.0420. The SMILES string of the molecule is CO[SiH2]CCCOCCOCC1CO1. The van der Waals surface area contributed by atoms with Gasteiger partial charge >= 0.3 is 0 Å². The van der Waals surface area contributed by atoms with Gasteiger partial charge in [-0.25, -0.2) is 0 Å². The van der Waals surface area contributed by atoms with Crippen molar-refractivity contribution in [1.29, 1.82) is 0 Å². The lowest BCUT2D eigenvalue weighted by atomic mass is 10.5. The molecule has 0 bridgehead atoms. The minimum Gasteiger partial charge on any atom is -0.427 e. The van der Waals surface area contributed by atoms with Gasteiger partial charge in [0.25, 0.3) is 0 Å². The molecule has 1 aliphatic rings. The first-order valence-electron chi connectivity index (χ1n) is 5.19. The molecule has 1 saturated heterocycles. The van der Waals surface area contributed by atoms with Crippen LogP contribution in [0.1, 0.15) is 6.42 Å². The third-order valence-electron chi connectivity index (χ3n) is 1.97. The summed E-state index contributed by atoms with van der Waals surface area (Å²) in [6, 6.07) is 1.20. The smallest absolute Gasteiger partial charge is 0.161 e. The van der Waals surface area contributed by atoms with Gasteiger partial charge in [0, 0.05) is 13.7 Å². The molecule has 1 heterocycles. The van der Waals surface area contributed by atoms with Gasteiger partial charge in [0.1, 0.15) is 6.10 Å². The second kappa shape index (κ2) is 8.37. The molecule has 0 aromatic heterocycles. The van der Waals surface area contributed by atoms with Crippen LogP contribution >= 0.6 is 0 Å². The molecule has 0 aromatic rings. The molecule has 1 unspecified atom stereocenters. The van der Waals surface area contributed by atoms with Crippen LogP contribution in [-0.2, 0) is 18.6 Å². The number of hydrogen-bond donors (Lipinski definition) is 0. The first kappa shape index (κ1) is 12.1. The number of hydrogen-bond acceptors (Lipinski definition) is 4. The van der Waals surface area contributed by atoms with Crippen LogP contribution in [0.25, 0.3) is 0 Å². The van der Waals surface area contributed by atoms with E-state index in [9.17, 15) is 0 Å². The highest BCUT2D eigenvalue weighted by Crippen LogP contribution is 2.07. The molecule has 0 spiro atoms. The molecule has 0 aliphatic carbocycles. The van der Waals surface area contributed by atoms with Gasteiger partial charge in [0.05, 0.1) is 26.4 Å². The van der Waals surface area contributed by atoms with Gasteiger partial charge in [-0.15, -0.1) is 0 Å². The summed E-state index contributed by atoms with van der Waals surface area (Å²) in [7, 11) is 1.53. The number of rotatable bonds is 10. The van der Waals surface area contributed by atoms with Gasteiger partial charge in [0.2, 0.25) is 0 Å². The van der Waals surface area contributed by atoms with Crippen LogP contribution in [0.4, 0.5) is 0 Å². The first-order valence-corrected chi connectivity index (χ1v) is 6.77. The molecule has 1 fully saturated rings. The van der Waals surface area contributed by atoms with Gasteiger partial charge in [-0.3, -0.25) is 0 Å². The zero-order valence-electron chi connectivity index (χ0n) is 8.87. The van der Waals surface area contributed by atoms with Gasteiger partial charge < -0.3 is 18.6 Å². The standard InChI is InChI=1S/C9H20O4Si/c1-10-14-6-2-3-11-4-5-12-7-9-8-13-9/h9H,2-8,14H2,1H3. The van der Waals surface area contributed by atoms with Gasteiger partial charge in [-0.1, -0.05) is 0 Å². The average Bonchev–Trinajstić information content (AvgIpc) is 2.99. The monoisotopic (exact) mass is 220 g/mol. The minimum atomic E-state index is -0.252. The van der Waals surface area contributed by atoms with Crippen molar-refractivity contribution in [2.24, 2.45) is 0 Å². The maximum absolute atomic E-state index is 5.38. The summed E-state index contributed by atoms with van der Waals surface area (Å²) in [5, 5.41) is 0. The van der Waals surface area contributed by atoms with E-state index in [-0.39, 0.29) is 9.76 Å². The van der Waals surface area contributed by atoms with Crippen LogP contribution in [0.15, 0.2) is 0 Å². The normalized spacial score (nSPS) is 20.8. The lowest BCUT2D eigenvalue weighted by Crippen LogP contribution is -2.09. The van der Waals surface area contributed by atoms with Crippen molar-refractivity contribution in [1.82, 2.24) is 0 Å². The Balaban J connectivity index is 1.63. The number of ether oxygens (including phenoxy) is 3. The molecule has 0 radical (unpaired) electrons. The third kappa shape index (κ3) is 7.46. The summed E-state index contributed by atoms with van der Waals surface area (Å²) in [5.41, 5.74) is 0. The van der Waals surface area contributed by atoms with Crippen LogP contribution in [0.3, 0.4) is 0 Å². The second-order valence-corrected chi connectivity index (χ2v) is 5.04. The van der Waals surface area contributed by atoms with Crippen LogP contribution in [0, 0.1) is 0 Å². The highest BCUT2D eigenvalue weighted by Gasteiger charge is 2.21. The van der Waals surface area contributed by atoms with Crippen LogP contribution < -0.4 is 0 Å². The Morgan fingerprint density at radius 2 is 2.07 bits per heavy atom. The molecule has 0 N–H and O–H groups in total. The maximum atomic E-state index is 5.38. The molecule has 4 nitrogen and oxygen atoms in total. The Morgan fingerprint density at radius 3 is 2.79 bits per heavy atom. The fourth-order valence-electron chi connectivity index (χ4n) is 1.05. The summed E-state index contributed by atoms with van der Waals surface area (Å²) in [6.07, 6.45) is 1.48. The fourth-order valence-corrected chi connectivity index (χ4v) is 1.75. The molecule has 1 rings (SSSR count). The molecule has 1 atom stereocenters. The molecule has 0 aromatic carbocycles. The van der Waals surface area contributed by atoms with E-state index in [1.807, 2.05) is 0 Å². The van der Waals surface area contributed by atoms with Crippen molar-refractivity contribution in [2.45, 2.75) is 18.6 Å². The van der Waals surface area contributed by atoms with Crippen LogP contribution in [-0.4, -0.2) is 56.0 Å². The summed E-state index contributed by atoms with van der Waals surface area (Å²) in [5.74, 6) is 0. The molecule has 0 saturated carbocycles. The summed E-state index contributed by atoms with van der Waals surface area (Å²) in [6.45, 7) is 3.80. The van der Waals surface area contributed by atoms with E-state index < -0.39 is 0 Å². The number of epoxide rings is 1. The van der Waals surface area contributed by atoms with Gasteiger partial charge in [-0.2, -0.15) is 0 Å². The Hall–Kier alpha value is 0.0569. The topological polar surface area (TPSA) is 40.2 Å². The average molecular weight is 220 g/mol. The van der Waals surface area contributed by atoms with Crippen LogP contribution in [0.5, 0.6) is 0 Å². The first-order chi connectivity index (χ1) is 6.93. The van der Waals surface area contributed by atoms with Gasteiger partial charge in [0.15, 0.2) is 9.76 Å². The van der Waals surface area contributed by atoms with E-state index in [1.165, 1.54) is 6.04 Å². The second-order valence-electron chi connectivity index (χ2n) is 3.34. The largest absolute Gasteiger partial charge is 0.427 e. The lowest BCUT2D eigenvalue weighted by Gasteiger charge is -2.04. The minimum absolute atomic E-state index is 0.252. The summed E-state index contributed by atoms with van der Waals surface area (Å²) < 4.78 is 20.8. The molecule has 1 aliphatic heterocycles. The van der Waals surface area contributed by atoms with E-state index in [0.717, 1.165) is 26.2 Å². The summed E-state index contributed by atoms with van der Waals surface area (Å²) in [4.78, 5) is 0. The zero-order chi connectivity index (χ0) is 10.1. The van der Waals surface area contributed by atoms with Crippen molar-refractivity contribution < 1.29 is 18.6 Å². The molecule has 0 amide bonds. The third-order valence-corrected chi connectivity index (χ3v) is 3.16. The van der Waals surface area contributed by atoms with Crippen molar-refractivity contribution >= 4 is 9.76 Å². The molecule has 5 heteroatoms. The van der Waals surface area contributed by atoms with Crippen molar-refractivity contribution in [3.8, 4) is 0 Å².